The predicted molar refractivity (Wildman–Crippen MR) is 76.5 cm³/mol. The van der Waals surface area contributed by atoms with Crippen LogP contribution in [0.15, 0.2) is 34.1 Å². The molecule has 1 aromatic heterocycles. The largest absolute Gasteiger partial charge is 0.399 e. The van der Waals surface area contributed by atoms with Crippen molar-refractivity contribution in [2.75, 3.05) is 5.73 Å². The van der Waals surface area contributed by atoms with Crippen molar-refractivity contribution in [3.8, 4) is 0 Å². The molecule has 5 heteroatoms. The molecule has 2 aromatic rings. The van der Waals surface area contributed by atoms with Gasteiger partial charge in [0.15, 0.2) is 0 Å². The van der Waals surface area contributed by atoms with Crippen molar-refractivity contribution in [2.45, 2.75) is 13.1 Å². The van der Waals surface area contributed by atoms with Crippen LogP contribution >= 0.6 is 27.3 Å². The highest BCUT2D eigenvalue weighted by molar-refractivity contribution is 9.11. The Morgan fingerprint density at radius 2 is 2.17 bits per heavy atom. The number of nitrogen functional groups attached to an aromatic ring is 1. The Labute approximate surface area is 117 Å². The van der Waals surface area contributed by atoms with E-state index in [1.807, 2.05) is 29.2 Å². The third-order valence-electron chi connectivity index (χ3n) is 2.99. The number of hydrogen-bond acceptors (Lipinski definition) is 3. The number of hydrogen-bond donors (Lipinski definition) is 1. The number of benzene rings is 1. The van der Waals surface area contributed by atoms with Gasteiger partial charge in [-0.15, -0.1) is 11.3 Å². The number of fused-ring (bicyclic) bond motifs is 1. The van der Waals surface area contributed by atoms with Crippen LogP contribution in [0.25, 0.3) is 0 Å². The molecule has 2 heterocycles. The van der Waals surface area contributed by atoms with Crippen LogP contribution in [0.5, 0.6) is 0 Å². The molecule has 0 unspecified atom stereocenters. The number of rotatable bonds is 2. The zero-order chi connectivity index (χ0) is 12.7. The summed E-state index contributed by atoms with van der Waals surface area (Å²) in [5, 5.41) is 0. The van der Waals surface area contributed by atoms with E-state index in [1.165, 1.54) is 4.88 Å². The van der Waals surface area contributed by atoms with Gasteiger partial charge < -0.3 is 10.6 Å². The van der Waals surface area contributed by atoms with Crippen molar-refractivity contribution >= 4 is 38.9 Å². The number of nitrogens with two attached hydrogens (primary N) is 1. The molecule has 3 nitrogen and oxygen atoms in total. The molecule has 0 saturated carbocycles. The third kappa shape index (κ3) is 2.04. The van der Waals surface area contributed by atoms with Gasteiger partial charge in [0.1, 0.15) is 0 Å². The molecule has 1 aliphatic rings. The Bertz CT molecular complexity index is 623. The minimum absolute atomic E-state index is 0.0711. The van der Waals surface area contributed by atoms with Crippen LogP contribution in [0, 0.1) is 0 Å². The van der Waals surface area contributed by atoms with E-state index in [-0.39, 0.29) is 5.91 Å². The lowest BCUT2D eigenvalue weighted by Gasteiger charge is -2.13. The normalized spacial score (nSPS) is 14.1. The van der Waals surface area contributed by atoms with Crippen LogP contribution in [0.2, 0.25) is 0 Å². The fourth-order valence-corrected chi connectivity index (χ4v) is 3.63. The van der Waals surface area contributed by atoms with Crippen LogP contribution in [-0.4, -0.2) is 10.8 Å². The highest BCUT2D eigenvalue weighted by Gasteiger charge is 2.27. The standard InChI is InChI=1S/C13H11BrN2OS/c14-12-4-3-10(18-12)7-16-6-8-1-2-9(15)5-11(8)13(16)17/h1-5H,6-7,15H2. The van der Waals surface area contributed by atoms with Crippen molar-refractivity contribution < 1.29 is 4.79 Å². The highest BCUT2D eigenvalue weighted by atomic mass is 79.9. The van der Waals surface area contributed by atoms with E-state index in [0.29, 0.717) is 18.8 Å². The van der Waals surface area contributed by atoms with Gasteiger partial charge in [0.05, 0.1) is 10.3 Å². The maximum Gasteiger partial charge on any atom is 0.254 e. The Balaban J connectivity index is 1.84. The molecule has 0 fully saturated rings. The first-order chi connectivity index (χ1) is 8.63. The minimum atomic E-state index is 0.0711. The second-order valence-corrected chi connectivity index (χ2v) is 6.83. The molecule has 0 aliphatic carbocycles. The summed E-state index contributed by atoms with van der Waals surface area (Å²) in [5.74, 6) is 0.0711. The molecule has 3 rings (SSSR count). The van der Waals surface area contributed by atoms with Gasteiger partial charge in [-0.2, -0.15) is 0 Å². The lowest BCUT2D eigenvalue weighted by molar-refractivity contribution is 0.0768. The van der Waals surface area contributed by atoms with E-state index >= 15 is 0 Å². The first-order valence-electron chi connectivity index (χ1n) is 5.55. The SMILES string of the molecule is Nc1ccc2c(c1)C(=O)N(Cc1ccc(Br)s1)C2. The monoisotopic (exact) mass is 322 g/mol. The Morgan fingerprint density at radius 3 is 2.89 bits per heavy atom. The molecule has 0 saturated heterocycles. The molecule has 2 N–H and O–H groups in total. The molecule has 1 aliphatic heterocycles. The smallest absolute Gasteiger partial charge is 0.254 e. The Hall–Kier alpha value is -1.33. The average Bonchev–Trinajstić information content (AvgIpc) is 2.86. The maximum absolute atomic E-state index is 12.2. The maximum atomic E-state index is 12.2. The molecule has 1 amide bonds. The van der Waals surface area contributed by atoms with E-state index in [0.717, 1.165) is 14.9 Å². The zero-order valence-corrected chi connectivity index (χ0v) is 11.9. The van der Waals surface area contributed by atoms with Crippen molar-refractivity contribution in [2.24, 2.45) is 0 Å². The minimum Gasteiger partial charge on any atom is -0.399 e. The van der Waals surface area contributed by atoms with Crippen molar-refractivity contribution in [1.29, 1.82) is 0 Å². The van der Waals surface area contributed by atoms with Gasteiger partial charge in [-0.05, 0) is 45.8 Å². The van der Waals surface area contributed by atoms with Crippen LogP contribution < -0.4 is 5.73 Å². The first-order valence-corrected chi connectivity index (χ1v) is 7.16. The van der Waals surface area contributed by atoms with Gasteiger partial charge in [0.2, 0.25) is 0 Å². The summed E-state index contributed by atoms with van der Waals surface area (Å²) in [6.45, 7) is 1.33. The molecule has 0 atom stereocenters. The molecular formula is C13H11BrN2OS. The number of halogens is 1. The number of nitrogens with zero attached hydrogens (tertiary/aromatic N) is 1. The Morgan fingerprint density at radius 1 is 1.33 bits per heavy atom. The summed E-state index contributed by atoms with van der Waals surface area (Å²) < 4.78 is 1.09. The summed E-state index contributed by atoms with van der Waals surface area (Å²) in [4.78, 5) is 15.2. The predicted octanol–water partition coefficient (Wildman–Crippen LogP) is 3.25. The summed E-state index contributed by atoms with van der Waals surface area (Å²) in [5.41, 5.74) is 8.16. The first kappa shape index (κ1) is 11.7. The fourth-order valence-electron chi connectivity index (χ4n) is 2.13. The van der Waals surface area contributed by atoms with Gasteiger partial charge in [-0.3, -0.25) is 4.79 Å². The van der Waals surface area contributed by atoms with Gasteiger partial charge in [-0.1, -0.05) is 6.07 Å². The molecular weight excluding hydrogens is 312 g/mol. The fraction of sp³-hybridized carbons (Fsp3) is 0.154. The Kier molecular flexibility index (Phi) is 2.87. The van der Waals surface area contributed by atoms with Crippen LogP contribution in [0.4, 0.5) is 5.69 Å². The van der Waals surface area contributed by atoms with Gasteiger partial charge in [0, 0.05) is 22.7 Å². The van der Waals surface area contributed by atoms with Gasteiger partial charge in [0.25, 0.3) is 5.91 Å². The molecule has 0 spiro atoms. The number of amides is 1. The number of thiophene rings is 1. The lowest BCUT2D eigenvalue weighted by atomic mass is 10.1. The molecule has 92 valence electrons. The van der Waals surface area contributed by atoms with Crippen LogP contribution in [0.3, 0.4) is 0 Å². The zero-order valence-electron chi connectivity index (χ0n) is 9.52. The summed E-state index contributed by atoms with van der Waals surface area (Å²) in [7, 11) is 0. The number of anilines is 1. The lowest BCUT2D eigenvalue weighted by Crippen LogP contribution is -2.22. The second kappa shape index (κ2) is 4.40. The van der Waals surface area contributed by atoms with Gasteiger partial charge in [-0.25, -0.2) is 0 Å². The molecule has 18 heavy (non-hydrogen) atoms. The van der Waals surface area contributed by atoms with Gasteiger partial charge >= 0.3 is 0 Å². The molecule has 0 radical (unpaired) electrons. The van der Waals surface area contributed by atoms with E-state index in [2.05, 4.69) is 15.9 Å². The van der Waals surface area contributed by atoms with Crippen molar-refractivity contribution in [3.63, 3.8) is 0 Å². The quantitative estimate of drug-likeness (QED) is 0.863. The van der Waals surface area contributed by atoms with Crippen LogP contribution in [0.1, 0.15) is 20.8 Å². The van der Waals surface area contributed by atoms with E-state index in [1.54, 1.807) is 17.4 Å². The molecule has 1 aromatic carbocycles. The summed E-state index contributed by atoms with van der Waals surface area (Å²) in [6, 6.07) is 9.59. The third-order valence-corrected chi connectivity index (χ3v) is 4.60. The number of carbonyl (C=O) groups excluding carboxylic acids is 1. The van der Waals surface area contributed by atoms with Crippen molar-refractivity contribution in [3.05, 3.63) is 50.1 Å². The topological polar surface area (TPSA) is 46.3 Å². The van der Waals surface area contributed by atoms with E-state index < -0.39 is 0 Å². The average molecular weight is 323 g/mol. The highest BCUT2D eigenvalue weighted by Crippen LogP contribution is 2.29. The second-order valence-electron chi connectivity index (χ2n) is 4.28. The summed E-state index contributed by atoms with van der Waals surface area (Å²) in [6.07, 6.45) is 0. The van der Waals surface area contributed by atoms with Crippen molar-refractivity contribution in [1.82, 2.24) is 4.90 Å². The summed E-state index contributed by atoms with van der Waals surface area (Å²) >= 11 is 5.09. The molecule has 0 bridgehead atoms. The van der Waals surface area contributed by atoms with Crippen LogP contribution in [-0.2, 0) is 13.1 Å². The van der Waals surface area contributed by atoms with E-state index in [4.69, 9.17) is 5.73 Å². The van der Waals surface area contributed by atoms with E-state index in [9.17, 15) is 4.79 Å². The number of carbonyl (C=O) groups is 1.